The minimum absolute atomic E-state index is 0.261. The lowest BCUT2D eigenvalue weighted by Crippen LogP contribution is -2.40. The summed E-state index contributed by atoms with van der Waals surface area (Å²) in [5.41, 5.74) is 1.67. The van der Waals surface area contributed by atoms with Gasteiger partial charge in [0, 0.05) is 19.6 Å². The first-order valence-corrected chi connectivity index (χ1v) is 11.0. The van der Waals surface area contributed by atoms with Crippen molar-refractivity contribution in [2.45, 2.75) is 38.7 Å². The van der Waals surface area contributed by atoms with Gasteiger partial charge in [-0.1, -0.05) is 31.2 Å². The first-order valence-electron chi connectivity index (χ1n) is 11.0. The topological polar surface area (TPSA) is 49.8 Å². The van der Waals surface area contributed by atoms with Crippen molar-refractivity contribution in [3.05, 3.63) is 71.3 Å². The number of hydrogen-bond donors (Lipinski definition) is 1. The second-order valence-corrected chi connectivity index (χ2v) is 8.49. The Morgan fingerprint density at radius 2 is 1.65 bits per heavy atom. The molecule has 0 spiro atoms. The van der Waals surface area contributed by atoms with Crippen LogP contribution in [0, 0.1) is 23.5 Å². The Balaban J connectivity index is 1.47. The molecular weight excluding hydrogens is 400 g/mol. The number of halogens is 2. The van der Waals surface area contributed by atoms with E-state index in [4.69, 9.17) is 9.84 Å². The Kier molecular flexibility index (Phi) is 8.55. The van der Waals surface area contributed by atoms with E-state index in [1.165, 1.54) is 24.3 Å². The van der Waals surface area contributed by atoms with Gasteiger partial charge in [-0.3, -0.25) is 4.79 Å². The van der Waals surface area contributed by atoms with Gasteiger partial charge in [-0.25, -0.2) is 8.78 Å². The molecule has 0 aromatic heterocycles. The molecule has 1 fully saturated rings. The number of carboxylic acids is 1. The highest BCUT2D eigenvalue weighted by Crippen LogP contribution is 2.28. The molecule has 31 heavy (non-hydrogen) atoms. The van der Waals surface area contributed by atoms with Gasteiger partial charge in [0.25, 0.3) is 0 Å². The zero-order chi connectivity index (χ0) is 22.2. The molecule has 3 rings (SSSR count). The largest absolute Gasteiger partial charge is 0.481 e. The van der Waals surface area contributed by atoms with Crippen LogP contribution in [0.25, 0.3) is 0 Å². The number of carboxylic acid groups (broad SMARTS) is 1. The lowest BCUT2D eigenvalue weighted by molar-refractivity contribution is -0.139. The van der Waals surface area contributed by atoms with Crippen LogP contribution in [0.4, 0.5) is 8.78 Å². The van der Waals surface area contributed by atoms with Gasteiger partial charge in [0.2, 0.25) is 0 Å². The minimum Gasteiger partial charge on any atom is -0.481 e. The van der Waals surface area contributed by atoms with Gasteiger partial charge in [0.15, 0.2) is 0 Å². The van der Waals surface area contributed by atoms with Crippen molar-refractivity contribution in [2.24, 2.45) is 11.8 Å². The number of benzene rings is 2. The van der Waals surface area contributed by atoms with Gasteiger partial charge in [0.1, 0.15) is 17.7 Å². The second kappa shape index (κ2) is 11.3. The van der Waals surface area contributed by atoms with Gasteiger partial charge in [-0.2, -0.15) is 0 Å². The Morgan fingerprint density at radius 3 is 2.16 bits per heavy atom. The summed E-state index contributed by atoms with van der Waals surface area (Å²) >= 11 is 0. The molecule has 0 saturated carbocycles. The van der Waals surface area contributed by atoms with Gasteiger partial charge in [-0.15, -0.1) is 0 Å². The highest BCUT2D eigenvalue weighted by molar-refractivity contribution is 5.67. The average Bonchev–Trinajstić information content (AvgIpc) is 2.74. The summed E-state index contributed by atoms with van der Waals surface area (Å²) in [5, 5.41) is 9.02. The van der Waals surface area contributed by atoms with E-state index in [0.29, 0.717) is 12.5 Å². The molecule has 1 N–H and O–H groups in total. The van der Waals surface area contributed by atoms with Gasteiger partial charge >= 0.3 is 5.97 Å². The van der Waals surface area contributed by atoms with Crippen LogP contribution >= 0.6 is 0 Å². The Hall–Kier alpha value is -2.31. The Bertz CT molecular complexity index is 780. The summed E-state index contributed by atoms with van der Waals surface area (Å²) in [6.07, 6.45) is 2.68. The number of unbranched alkanes of at least 4 members (excludes halogenated alkanes) is 1. The summed E-state index contributed by atoms with van der Waals surface area (Å²) in [7, 11) is 0. The molecular formula is C25H31F2NO3. The monoisotopic (exact) mass is 431 g/mol. The highest BCUT2D eigenvalue weighted by Gasteiger charge is 2.27. The maximum atomic E-state index is 13.3. The SMILES string of the molecule is C[C@@H]1CN(CCCCOC(c2ccc(F)cc2)c2ccc(F)cc2)CC[C@H]1CC(=O)O. The fourth-order valence-corrected chi connectivity index (χ4v) is 4.31. The van der Waals surface area contributed by atoms with Crippen LogP contribution in [-0.4, -0.2) is 42.2 Å². The van der Waals surface area contributed by atoms with Crippen molar-refractivity contribution >= 4 is 5.97 Å². The third-order valence-corrected chi connectivity index (χ3v) is 6.10. The van der Waals surface area contributed by atoms with Gasteiger partial charge in [-0.05, 0) is 79.6 Å². The van der Waals surface area contributed by atoms with Crippen LogP contribution in [0.1, 0.15) is 49.8 Å². The van der Waals surface area contributed by atoms with Crippen molar-refractivity contribution in [2.75, 3.05) is 26.2 Å². The van der Waals surface area contributed by atoms with E-state index in [0.717, 1.165) is 50.0 Å². The first kappa shape index (κ1) is 23.4. The fraction of sp³-hybridized carbons (Fsp3) is 0.480. The summed E-state index contributed by atoms with van der Waals surface area (Å²) < 4.78 is 32.8. The van der Waals surface area contributed by atoms with E-state index in [-0.39, 0.29) is 30.1 Å². The molecule has 0 bridgehead atoms. The van der Waals surface area contributed by atoms with Crippen LogP contribution in [0.3, 0.4) is 0 Å². The molecule has 0 unspecified atom stereocenters. The van der Waals surface area contributed by atoms with Crippen molar-refractivity contribution in [3.8, 4) is 0 Å². The molecule has 2 aromatic rings. The third-order valence-electron chi connectivity index (χ3n) is 6.10. The van der Waals surface area contributed by atoms with E-state index in [9.17, 15) is 13.6 Å². The first-order chi connectivity index (χ1) is 14.9. The minimum atomic E-state index is -0.709. The standard InChI is InChI=1S/C25H31F2NO3/c1-18-17-28(14-12-21(18)16-24(29)30)13-2-3-15-31-25(19-4-8-22(26)9-5-19)20-6-10-23(27)11-7-20/h4-11,18,21,25H,2-3,12-17H2,1H3,(H,29,30)/t18-,21+/m1/s1. The molecule has 2 atom stereocenters. The van der Waals surface area contributed by atoms with Crippen LogP contribution < -0.4 is 0 Å². The van der Waals surface area contributed by atoms with Crippen molar-refractivity contribution in [1.82, 2.24) is 4.90 Å². The molecule has 168 valence electrons. The molecule has 4 nitrogen and oxygen atoms in total. The number of nitrogens with zero attached hydrogens (tertiary/aromatic N) is 1. The highest BCUT2D eigenvalue weighted by atomic mass is 19.1. The number of likely N-dealkylation sites (tertiary alicyclic amines) is 1. The lowest BCUT2D eigenvalue weighted by atomic mass is 9.84. The summed E-state index contributed by atoms with van der Waals surface area (Å²) in [5.74, 6) is -0.656. The molecule has 0 aliphatic carbocycles. The lowest BCUT2D eigenvalue weighted by Gasteiger charge is -2.36. The third kappa shape index (κ3) is 7.11. The van der Waals surface area contributed by atoms with Crippen molar-refractivity contribution in [3.63, 3.8) is 0 Å². The number of piperidine rings is 1. The van der Waals surface area contributed by atoms with E-state index in [2.05, 4.69) is 11.8 Å². The van der Waals surface area contributed by atoms with Crippen molar-refractivity contribution in [1.29, 1.82) is 0 Å². The normalized spacial score (nSPS) is 19.6. The number of aliphatic carboxylic acids is 1. The van der Waals surface area contributed by atoms with Crippen LogP contribution in [0.15, 0.2) is 48.5 Å². The Labute approximate surface area is 182 Å². The Morgan fingerprint density at radius 1 is 1.06 bits per heavy atom. The molecule has 6 heteroatoms. The van der Waals surface area contributed by atoms with E-state index < -0.39 is 5.97 Å². The van der Waals surface area contributed by atoms with E-state index in [1.54, 1.807) is 24.3 Å². The second-order valence-electron chi connectivity index (χ2n) is 8.49. The molecule has 1 saturated heterocycles. The van der Waals surface area contributed by atoms with E-state index >= 15 is 0 Å². The van der Waals surface area contributed by atoms with E-state index in [1.807, 2.05) is 0 Å². The predicted octanol–water partition coefficient (Wildman–Crippen LogP) is 5.28. The van der Waals surface area contributed by atoms with Crippen LogP contribution in [0.5, 0.6) is 0 Å². The maximum absolute atomic E-state index is 13.3. The zero-order valence-corrected chi connectivity index (χ0v) is 18.0. The fourth-order valence-electron chi connectivity index (χ4n) is 4.31. The average molecular weight is 432 g/mol. The number of carbonyl (C=O) groups is 1. The summed E-state index contributed by atoms with van der Waals surface area (Å²) in [4.78, 5) is 13.4. The van der Waals surface area contributed by atoms with Crippen LogP contribution in [-0.2, 0) is 9.53 Å². The number of ether oxygens (including phenoxy) is 1. The predicted molar refractivity (Wildman–Crippen MR) is 116 cm³/mol. The van der Waals surface area contributed by atoms with Crippen molar-refractivity contribution < 1.29 is 23.4 Å². The zero-order valence-electron chi connectivity index (χ0n) is 18.0. The summed E-state index contributed by atoms with van der Waals surface area (Å²) in [6, 6.07) is 12.4. The smallest absolute Gasteiger partial charge is 0.303 e. The molecule has 2 aromatic carbocycles. The maximum Gasteiger partial charge on any atom is 0.303 e. The van der Waals surface area contributed by atoms with Crippen LogP contribution in [0.2, 0.25) is 0 Å². The quantitative estimate of drug-likeness (QED) is 0.520. The number of rotatable bonds is 10. The number of hydrogen-bond acceptors (Lipinski definition) is 3. The molecule has 1 aliphatic rings. The molecule has 0 radical (unpaired) electrons. The van der Waals surface area contributed by atoms with Gasteiger partial charge < -0.3 is 14.7 Å². The van der Waals surface area contributed by atoms with Gasteiger partial charge in [0.05, 0.1) is 0 Å². The molecule has 0 amide bonds. The molecule has 1 aliphatic heterocycles. The summed E-state index contributed by atoms with van der Waals surface area (Å²) in [6.45, 7) is 5.53. The molecule has 1 heterocycles.